The van der Waals surface area contributed by atoms with E-state index in [4.69, 9.17) is 23.2 Å². The molecule has 0 saturated heterocycles. The third-order valence-electron chi connectivity index (χ3n) is 6.74. The summed E-state index contributed by atoms with van der Waals surface area (Å²) in [7, 11) is 0. The zero-order chi connectivity index (χ0) is 33.4. The largest absolute Gasteiger partial charge is 0.324 e. The van der Waals surface area contributed by atoms with E-state index in [0.717, 1.165) is 11.1 Å². The Morgan fingerprint density at radius 1 is 0.630 bits per heavy atom. The van der Waals surface area contributed by atoms with Gasteiger partial charge in [-0.1, -0.05) is 71.2 Å². The highest BCUT2D eigenvalue weighted by Gasteiger charge is 2.25. The second-order valence-electron chi connectivity index (χ2n) is 10.5. The summed E-state index contributed by atoms with van der Waals surface area (Å²) in [6.07, 6.45) is 0. The van der Waals surface area contributed by atoms with E-state index in [9.17, 15) is 19.2 Å². The number of halogens is 2. The van der Waals surface area contributed by atoms with Crippen molar-refractivity contribution >= 4 is 69.3 Å². The van der Waals surface area contributed by atoms with Gasteiger partial charge in [-0.05, 0) is 86.8 Å². The molecule has 0 aliphatic rings. The second-order valence-corrected chi connectivity index (χ2v) is 11.3. The lowest BCUT2D eigenvalue weighted by Crippen LogP contribution is -2.32. The molecular formula is C34H30Cl2N6O4. The molecule has 0 heterocycles. The Morgan fingerprint density at radius 3 is 1.59 bits per heavy atom. The van der Waals surface area contributed by atoms with Gasteiger partial charge in [0.05, 0.1) is 10.0 Å². The summed E-state index contributed by atoms with van der Waals surface area (Å²) in [5.41, 5.74) is 4.91. The zero-order valence-electron chi connectivity index (χ0n) is 25.4. The van der Waals surface area contributed by atoms with Crippen LogP contribution in [0.1, 0.15) is 25.0 Å². The summed E-state index contributed by atoms with van der Waals surface area (Å²) in [5.74, 6) is -2.17. The van der Waals surface area contributed by atoms with Crippen LogP contribution in [0.2, 0.25) is 10.0 Å². The van der Waals surface area contributed by atoms with E-state index in [-0.39, 0.29) is 21.4 Å². The number of hydrogen-bond acceptors (Lipinski definition) is 8. The first-order chi connectivity index (χ1) is 21.9. The molecule has 4 rings (SSSR count). The molecule has 12 heteroatoms. The van der Waals surface area contributed by atoms with Crippen molar-refractivity contribution in [3.8, 4) is 11.1 Å². The maximum atomic E-state index is 12.8. The van der Waals surface area contributed by atoms with Gasteiger partial charge in [-0.15, -0.1) is 0 Å². The van der Waals surface area contributed by atoms with E-state index in [1.807, 2.05) is 26.0 Å². The Morgan fingerprint density at radius 2 is 1.13 bits per heavy atom. The third kappa shape index (κ3) is 8.77. The fraction of sp³-hybridized carbons (Fsp3) is 0.176. The minimum absolute atomic E-state index is 0.228. The molecule has 2 atom stereocenters. The summed E-state index contributed by atoms with van der Waals surface area (Å²) in [6, 6.07) is 21.5. The molecule has 10 nitrogen and oxygen atoms in total. The third-order valence-corrected chi connectivity index (χ3v) is 7.34. The van der Waals surface area contributed by atoms with Gasteiger partial charge >= 0.3 is 0 Å². The van der Waals surface area contributed by atoms with Crippen molar-refractivity contribution in [2.45, 2.75) is 39.8 Å². The second kappa shape index (κ2) is 15.3. The molecule has 2 amide bonds. The number of carbonyl (C=O) groups is 4. The van der Waals surface area contributed by atoms with E-state index >= 15 is 0 Å². The minimum atomic E-state index is -1.36. The molecule has 0 radical (unpaired) electrons. The number of benzene rings is 4. The minimum Gasteiger partial charge on any atom is -0.324 e. The van der Waals surface area contributed by atoms with Gasteiger partial charge in [0.2, 0.25) is 12.1 Å². The van der Waals surface area contributed by atoms with E-state index in [2.05, 4.69) is 31.1 Å². The predicted molar refractivity (Wildman–Crippen MR) is 179 cm³/mol. The summed E-state index contributed by atoms with van der Waals surface area (Å²) in [5, 5.41) is 21.9. The molecule has 0 fully saturated rings. The standard InChI is InChI=1S/C34H30Cl2N6O4/c1-19-10-13-28(20(2)16-19)38-34(46)32(22(4)44)42-40-30-15-12-24(18-27(30)36)23-11-14-29(26(35)17-23)39-41-31(21(3)43)33(45)37-25-8-6-5-7-9-25/h5-18,31-32H,1-4H3,(H,37,45)(H,38,46)/b41-39+,42-40+. The topological polar surface area (TPSA) is 142 Å². The summed E-state index contributed by atoms with van der Waals surface area (Å²) in [4.78, 5) is 49.8. The zero-order valence-corrected chi connectivity index (χ0v) is 26.9. The maximum absolute atomic E-state index is 12.8. The van der Waals surface area contributed by atoms with Gasteiger partial charge in [0.25, 0.3) is 11.8 Å². The highest BCUT2D eigenvalue weighted by Crippen LogP contribution is 2.35. The first-order valence-corrected chi connectivity index (χ1v) is 14.8. The highest BCUT2D eigenvalue weighted by molar-refractivity contribution is 6.34. The van der Waals surface area contributed by atoms with Crippen LogP contribution < -0.4 is 10.6 Å². The Labute approximate surface area is 275 Å². The molecule has 2 N–H and O–H groups in total. The predicted octanol–water partition coefficient (Wildman–Crippen LogP) is 8.64. The molecule has 0 spiro atoms. The van der Waals surface area contributed by atoms with Crippen molar-refractivity contribution in [1.82, 2.24) is 0 Å². The fourth-order valence-electron chi connectivity index (χ4n) is 4.30. The number of ketones is 2. The number of nitrogens with one attached hydrogen (secondary N) is 2. The number of nitrogens with zero attached hydrogens (tertiary/aromatic N) is 4. The molecule has 234 valence electrons. The number of Topliss-reactive ketones (excluding diaryl/α,β-unsaturated/α-hetero) is 2. The average Bonchev–Trinajstić information content (AvgIpc) is 3.00. The number of amides is 2. The number of azo groups is 2. The molecule has 0 aromatic heterocycles. The molecule has 4 aromatic rings. The molecule has 46 heavy (non-hydrogen) atoms. The monoisotopic (exact) mass is 656 g/mol. The number of rotatable bonds is 11. The van der Waals surface area contributed by atoms with Crippen LogP contribution in [0.3, 0.4) is 0 Å². The molecule has 0 bridgehead atoms. The summed E-state index contributed by atoms with van der Waals surface area (Å²) < 4.78 is 0. The van der Waals surface area contributed by atoms with E-state index < -0.39 is 35.5 Å². The van der Waals surface area contributed by atoms with E-state index in [1.165, 1.54) is 13.8 Å². The van der Waals surface area contributed by atoms with Crippen LogP contribution in [-0.2, 0) is 19.2 Å². The van der Waals surface area contributed by atoms with Gasteiger partial charge in [0.1, 0.15) is 11.4 Å². The van der Waals surface area contributed by atoms with Crippen molar-refractivity contribution < 1.29 is 19.2 Å². The van der Waals surface area contributed by atoms with Crippen molar-refractivity contribution in [3.63, 3.8) is 0 Å². The summed E-state index contributed by atoms with van der Waals surface area (Å²) >= 11 is 13.0. The van der Waals surface area contributed by atoms with Crippen molar-refractivity contribution in [2.75, 3.05) is 10.6 Å². The number of carbonyl (C=O) groups excluding carboxylic acids is 4. The van der Waals surface area contributed by atoms with Crippen LogP contribution in [0, 0.1) is 13.8 Å². The van der Waals surface area contributed by atoms with Gasteiger partial charge in [0, 0.05) is 11.4 Å². The first-order valence-electron chi connectivity index (χ1n) is 14.1. The highest BCUT2D eigenvalue weighted by atomic mass is 35.5. The maximum Gasteiger partial charge on any atom is 0.258 e. The number of hydrogen-bond donors (Lipinski definition) is 2. The van der Waals surface area contributed by atoms with Gasteiger partial charge in [-0.3, -0.25) is 19.2 Å². The normalized spacial score (nSPS) is 12.6. The van der Waals surface area contributed by atoms with Crippen LogP contribution in [0.5, 0.6) is 0 Å². The summed E-state index contributed by atoms with van der Waals surface area (Å²) in [6.45, 7) is 6.33. The Bertz CT molecular complexity index is 1860. The van der Waals surface area contributed by atoms with Gasteiger partial charge in [0.15, 0.2) is 11.6 Å². The average molecular weight is 658 g/mol. The van der Waals surface area contributed by atoms with Gasteiger partial charge in [-0.25, -0.2) is 0 Å². The Kier molecular flexibility index (Phi) is 11.2. The van der Waals surface area contributed by atoms with Crippen molar-refractivity contribution in [3.05, 3.63) is 106 Å². The smallest absolute Gasteiger partial charge is 0.258 e. The van der Waals surface area contributed by atoms with Crippen LogP contribution in [-0.4, -0.2) is 35.5 Å². The molecule has 0 saturated carbocycles. The molecular weight excluding hydrogens is 627 g/mol. The Hall–Kier alpha value is -5.06. The van der Waals surface area contributed by atoms with Crippen LogP contribution in [0.15, 0.2) is 105 Å². The SMILES string of the molecule is CC(=O)C(/N=N/c1ccc(-c2ccc(/N=N/C(C(C)=O)C(=O)Nc3ccc(C)cc3C)c(Cl)c2)cc1Cl)C(=O)Nc1ccccc1. The number of aryl methyl sites for hydroxylation is 2. The first kappa shape index (κ1) is 33.8. The Balaban J connectivity index is 1.47. The van der Waals surface area contributed by atoms with E-state index in [0.29, 0.717) is 22.5 Å². The fourth-order valence-corrected chi connectivity index (χ4v) is 4.74. The molecule has 2 unspecified atom stereocenters. The lowest BCUT2D eigenvalue weighted by Gasteiger charge is -2.12. The number of anilines is 2. The van der Waals surface area contributed by atoms with Crippen LogP contribution >= 0.6 is 23.2 Å². The van der Waals surface area contributed by atoms with Crippen LogP contribution in [0.25, 0.3) is 11.1 Å². The lowest BCUT2D eigenvalue weighted by molar-refractivity contribution is -0.127. The molecule has 0 aliphatic heterocycles. The quantitative estimate of drug-likeness (QED) is 0.123. The van der Waals surface area contributed by atoms with Crippen molar-refractivity contribution in [2.24, 2.45) is 20.5 Å². The van der Waals surface area contributed by atoms with Gasteiger partial charge in [-0.2, -0.15) is 20.5 Å². The number of para-hydroxylation sites is 1. The van der Waals surface area contributed by atoms with Crippen LogP contribution in [0.4, 0.5) is 22.7 Å². The molecule has 0 aliphatic carbocycles. The lowest BCUT2D eigenvalue weighted by atomic mass is 10.0. The molecule has 4 aromatic carbocycles. The van der Waals surface area contributed by atoms with Gasteiger partial charge < -0.3 is 10.6 Å². The van der Waals surface area contributed by atoms with E-state index in [1.54, 1.807) is 72.8 Å². The van der Waals surface area contributed by atoms with Crippen molar-refractivity contribution in [1.29, 1.82) is 0 Å².